The van der Waals surface area contributed by atoms with Gasteiger partial charge in [0.1, 0.15) is 17.2 Å². The summed E-state index contributed by atoms with van der Waals surface area (Å²) in [4.78, 5) is 21.0. The number of amides is 1. The quantitative estimate of drug-likeness (QED) is 0.458. The fraction of sp³-hybridized carbons (Fsp3) is 0.292. The number of anilines is 1. The molecule has 0 spiro atoms. The summed E-state index contributed by atoms with van der Waals surface area (Å²) in [6.07, 6.45) is 2.83. The summed E-state index contributed by atoms with van der Waals surface area (Å²) in [7, 11) is -3.75. The Morgan fingerprint density at radius 1 is 0.971 bits per heavy atom. The minimum Gasteiger partial charge on any atom is -0.494 e. The lowest BCUT2D eigenvalue weighted by molar-refractivity contribution is 0.102. The molecule has 1 aromatic heterocycles. The number of rotatable bonds is 10. The van der Waals surface area contributed by atoms with Crippen LogP contribution in [0.1, 0.15) is 37.0 Å². The Bertz CT molecular complexity index is 1230. The van der Waals surface area contributed by atoms with Gasteiger partial charge in [-0.3, -0.25) is 9.78 Å². The lowest BCUT2D eigenvalue weighted by atomic mass is 10.2. The van der Waals surface area contributed by atoms with E-state index in [0.29, 0.717) is 36.9 Å². The second-order valence-electron chi connectivity index (χ2n) is 7.25. The Balaban J connectivity index is 1.98. The van der Waals surface area contributed by atoms with Crippen LogP contribution in [-0.2, 0) is 10.0 Å². The van der Waals surface area contributed by atoms with E-state index in [1.165, 1.54) is 34.9 Å². The number of carbonyl (C=O) groups is 1. The fourth-order valence-electron chi connectivity index (χ4n) is 3.16. The van der Waals surface area contributed by atoms with Crippen LogP contribution >= 0.6 is 0 Å². The molecule has 0 bridgehead atoms. The van der Waals surface area contributed by atoms with Gasteiger partial charge < -0.3 is 14.8 Å². The molecule has 2 aromatic carbocycles. The van der Waals surface area contributed by atoms with Gasteiger partial charge in [-0.15, -0.1) is 0 Å². The maximum atomic E-state index is 13.0. The minimum absolute atomic E-state index is 0.0422. The molecule has 180 valence electrons. The molecular formula is C24H28N4O5S. The number of nitrogens with zero attached hydrogens (tertiary/aromatic N) is 3. The van der Waals surface area contributed by atoms with Gasteiger partial charge in [-0.05, 0) is 56.3 Å². The molecule has 0 aliphatic heterocycles. The molecular weight excluding hydrogens is 456 g/mol. The average Bonchev–Trinajstić information content (AvgIpc) is 2.82. The zero-order valence-corrected chi connectivity index (χ0v) is 20.4. The van der Waals surface area contributed by atoms with Crippen LogP contribution in [0.25, 0.3) is 0 Å². The Morgan fingerprint density at radius 2 is 1.65 bits per heavy atom. The van der Waals surface area contributed by atoms with Gasteiger partial charge >= 0.3 is 0 Å². The van der Waals surface area contributed by atoms with Crippen molar-refractivity contribution in [2.45, 2.75) is 32.6 Å². The van der Waals surface area contributed by atoms with Crippen LogP contribution in [0.15, 0.2) is 59.8 Å². The van der Waals surface area contributed by atoms with Gasteiger partial charge in [-0.25, -0.2) is 13.4 Å². The van der Waals surface area contributed by atoms with Gasteiger partial charge in [0.25, 0.3) is 5.91 Å². The van der Waals surface area contributed by atoms with E-state index < -0.39 is 15.9 Å². The standard InChI is InChI=1S/C24H28N4O5S/c1-5-28(6-2)34(30,31)20-12-13-23(33-19-10-8-18(9-11-19)32-7-3)21(14-20)27-24(29)22-16-25-17(4)15-26-22/h8-16H,5-7H2,1-4H3,(H,27,29). The summed E-state index contributed by atoms with van der Waals surface area (Å²) in [5, 5.41) is 2.71. The van der Waals surface area contributed by atoms with E-state index in [2.05, 4.69) is 15.3 Å². The summed E-state index contributed by atoms with van der Waals surface area (Å²) in [5.41, 5.74) is 0.951. The molecule has 1 N–H and O–H groups in total. The number of hydrogen-bond donors (Lipinski definition) is 1. The second-order valence-corrected chi connectivity index (χ2v) is 9.19. The minimum atomic E-state index is -3.75. The maximum absolute atomic E-state index is 13.0. The van der Waals surface area contributed by atoms with Crippen LogP contribution in [-0.4, -0.2) is 48.3 Å². The highest BCUT2D eigenvalue weighted by atomic mass is 32.2. The molecule has 34 heavy (non-hydrogen) atoms. The number of sulfonamides is 1. The molecule has 0 aliphatic carbocycles. The first kappa shape index (κ1) is 25.1. The van der Waals surface area contributed by atoms with Gasteiger partial charge in [0, 0.05) is 19.3 Å². The van der Waals surface area contributed by atoms with Gasteiger partial charge in [-0.2, -0.15) is 4.31 Å². The fourth-order valence-corrected chi connectivity index (χ4v) is 4.65. The van der Waals surface area contributed by atoms with E-state index in [1.54, 1.807) is 45.0 Å². The van der Waals surface area contributed by atoms with Crippen LogP contribution in [0.2, 0.25) is 0 Å². The molecule has 0 radical (unpaired) electrons. The van der Waals surface area contributed by atoms with E-state index in [4.69, 9.17) is 9.47 Å². The molecule has 1 amide bonds. The van der Waals surface area contributed by atoms with E-state index in [-0.39, 0.29) is 22.0 Å². The van der Waals surface area contributed by atoms with Crippen molar-refractivity contribution in [1.29, 1.82) is 0 Å². The maximum Gasteiger partial charge on any atom is 0.275 e. The number of aryl methyl sites for hydroxylation is 1. The first-order valence-electron chi connectivity index (χ1n) is 10.9. The molecule has 10 heteroatoms. The van der Waals surface area contributed by atoms with Crippen molar-refractivity contribution in [3.63, 3.8) is 0 Å². The third kappa shape index (κ3) is 5.89. The van der Waals surface area contributed by atoms with Crippen molar-refractivity contribution in [3.8, 4) is 17.2 Å². The predicted molar refractivity (Wildman–Crippen MR) is 129 cm³/mol. The molecule has 0 fully saturated rings. The van der Waals surface area contributed by atoms with Crippen LogP contribution in [0.3, 0.4) is 0 Å². The molecule has 9 nitrogen and oxygen atoms in total. The van der Waals surface area contributed by atoms with Crippen LogP contribution in [0, 0.1) is 6.92 Å². The number of hydrogen-bond acceptors (Lipinski definition) is 7. The van der Waals surface area contributed by atoms with Gasteiger partial charge in [0.15, 0.2) is 5.75 Å². The number of benzene rings is 2. The van der Waals surface area contributed by atoms with Crippen molar-refractivity contribution < 1.29 is 22.7 Å². The van der Waals surface area contributed by atoms with Crippen molar-refractivity contribution in [2.24, 2.45) is 0 Å². The Labute approximate surface area is 199 Å². The zero-order chi connectivity index (χ0) is 24.7. The zero-order valence-electron chi connectivity index (χ0n) is 19.6. The Morgan fingerprint density at radius 3 is 2.24 bits per heavy atom. The first-order valence-corrected chi connectivity index (χ1v) is 12.4. The largest absolute Gasteiger partial charge is 0.494 e. The van der Waals surface area contributed by atoms with Crippen molar-refractivity contribution >= 4 is 21.6 Å². The predicted octanol–water partition coefficient (Wildman–Crippen LogP) is 4.26. The van der Waals surface area contributed by atoms with Crippen molar-refractivity contribution in [3.05, 3.63) is 66.2 Å². The molecule has 0 unspecified atom stereocenters. The van der Waals surface area contributed by atoms with Crippen molar-refractivity contribution in [2.75, 3.05) is 25.0 Å². The van der Waals surface area contributed by atoms with Crippen LogP contribution in [0.5, 0.6) is 17.2 Å². The molecule has 0 aliphatic rings. The smallest absolute Gasteiger partial charge is 0.275 e. The summed E-state index contributed by atoms with van der Waals surface area (Å²) in [6, 6.07) is 11.3. The van der Waals surface area contributed by atoms with Gasteiger partial charge in [0.2, 0.25) is 10.0 Å². The molecule has 1 heterocycles. The molecule has 0 saturated heterocycles. The van der Waals surface area contributed by atoms with Crippen molar-refractivity contribution in [1.82, 2.24) is 14.3 Å². The van der Waals surface area contributed by atoms with Gasteiger partial charge in [0.05, 0.1) is 29.1 Å². The number of carbonyl (C=O) groups excluding carboxylic acids is 1. The van der Waals surface area contributed by atoms with E-state index in [9.17, 15) is 13.2 Å². The first-order chi connectivity index (χ1) is 16.3. The van der Waals surface area contributed by atoms with E-state index in [1.807, 2.05) is 6.92 Å². The molecule has 3 rings (SSSR count). The third-order valence-corrected chi connectivity index (χ3v) is 6.96. The second kappa shape index (κ2) is 11.1. The summed E-state index contributed by atoms with van der Waals surface area (Å²) in [5.74, 6) is 0.924. The highest BCUT2D eigenvalue weighted by Crippen LogP contribution is 2.33. The monoisotopic (exact) mass is 484 g/mol. The summed E-state index contributed by atoms with van der Waals surface area (Å²) in [6.45, 7) is 8.38. The SMILES string of the molecule is CCOc1ccc(Oc2ccc(S(=O)(=O)N(CC)CC)cc2NC(=O)c2cnc(C)cn2)cc1. The van der Waals surface area contributed by atoms with E-state index in [0.717, 1.165) is 0 Å². The number of nitrogens with one attached hydrogen (secondary N) is 1. The Kier molecular flexibility index (Phi) is 8.19. The third-order valence-electron chi connectivity index (χ3n) is 4.92. The summed E-state index contributed by atoms with van der Waals surface area (Å²) >= 11 is 0. The lowest BCUT2D eigenvalue weighted by Crippen LogP contribution is -2.30. The van der Waals surface area contributed by atoms with Crippen LogP contribution in [0.4, 0.5) is 5.69 Å². The Hall–Kier alpha value is -3.50. The van der Waals surface area contributed by atoms with E-state index >= 15 is 0 Å². The van der Waals surface area contributed by atoms with Gasteiger partial charge in [-0.1, -0.05) is 13.8 Å². The normalized spacial score (nSPS) is 11.3. The highest BCUT2D eigenvalue weighted by molar-refractivity contribution is 7.89. The molecule has 3 aromatic rings. The topological polar surface area (TPSA) is 111 Å². The highest BCUT2D eigenvalue weighted by Gasteiger charge is 2.24. The molecule has 0 saturated carbocycles. The summed E-state index contributed by atoms with van der Waals surface area (Å²) < 4.78 is 38.8. The molecule has 0 atom stereocenters. The number of aromatic nitrogens is 2. The lowest BCUT2D eigenvalue weighted by Gasteiger charge is -2.20. The average molecular weight is 485 g/mol. The number of ether oxygens (including phenoxy) is 2. The van der Waals surface area contributed by atoms with Crippen LogP contribution < -0.4 is 14.8 Å².